The summed E-state index contributed by atoms with van der Waals surface area (Å²) in [6.45, 7) is 12.2. The average Bonchev–Trinajstić information content (AvgIpc) is 1.52. The van der Waals surface area contributed by atoms with Crippen molar-refractivity contribution in [2.24, 2.45) is 0 Å². The second-order valence-corrected chi connectivity index (χ2v) is 28.0. The molecular formula is C84H54N8S2. The number of hydrogen-bond donors (Lipinski definition) is 0. The fourth-order valence-corrected chi connectivity index (χ4v) is 18.7. The van der Waals surface area contributed by atoms with Crippen LogP contribution < -0.4 is 9.80 Å². The molecule has 12 aromatic carbocycles. The van der Waals surface area contributed by atoms with E-state index in [4.69, 9.17) is 0 Å². The lowest BCUT2D eigenvalue weighted by Crippen LogP contribution is -2.15. The Morgan fingerprint density at radius 1 is 0.362 bits per heavy atom. The molecule has 0 unspecified atom stereocenters. The number of para-hydroxylation sites is 1. The molecule has 0 spiro atoms. The summed E-state index contributed by atoms with van der Waals surface area (Å²) in [6, 6.07) is 89.5. The number of hydrogen-bond acceptors (Lipinski definition) is 8. The van der Waals surface area contributed by atoms with Crippen molar-refractivity contribution < 1.29 is 0 Å². The lowest BCUT2D eigenvalue weighted by atomic mass is 9.82. The van der Waals surface area contributed by atoms with E-state index >= 15 is 0 Å². The minimum absolute atomic E-state index is 0.253. The maximum atomic E-state index is 10.8. The highest BCUT2D eigenvalue weighted by Crippen LogP contribution is 2.58. The standard InChI is InChI=1S/C84H54N8S2/c1-6-89-69-24-14-9-19-59(69)64-41-54(29-32-70(64)89)92-73-42-71(90(55-35-48(44-85)33-49(36-55)45-86)52-27-30-67-62(39-52)57-17-7-12-22-65(57)83(67,2)3)77-60-20-10-15-25-75(60)93-81(77)79(73)80-74(92)43-72(78-61-21-11-16-26-76(61)94-82(78)80)91(56-37-50(46-87)34-51(38-56)47-88)53-28-31-68-63(40-53)58-18-8-13-23-66(58)84(68,4)5/h7-43H,6H2,1-5H3. The van der Waals surface area contributed by atoms with E-state index in [-0.39, 0.29) is 10.8 Å². The number of nitrogens with zero attached hydrogens (tertiary/aromatic N) is 8. The molecule has 0 saturated heterocycles. The van der Waals surface area contributed by atoms with Gasteiger partial charge in [0.25, 0.3) is 0 Å². The van der Waals surface area contributed by atoms with Gasteiger partial charge in [-0.25, -0.2) is 0 Å². The first-order valence-electron chi connectivity index (χ1n) is 31.7. The molecule has 10 heteroatoms. The molecule has 4 heterocycles. The van der Waals surface area contributed by atoms with E-state index in [1.165, 1.54) is 44.3 Å². The van der Waals surface area contributed by atoms with Crippen molar-refractivity contribution in [2.45, 2.75) is 52.0 Å². The Morgan fingerprint density at radius 3 is 1.24 bits per heavy atom. The molecule has 16 aromatic rings. The molecule has 442 valence electrons. The summed E-state index contributed by atoms with van der Waals surface area (Å²) in [5.74, 6) is 0. The van der Waals surface area contributed by atoms with Gasteiger partial charge in [-0.15, -0.1) is 22.7 Å². The van der Waals surface area contributed by atoms with Crippen LogP contribution in [0.25, 0.3) is 112 Å². The van der Waals surface area contributed by atoms with Crippen molar-refractivity contribution in [3.05, 3.63) is 269 Å². The molecule has 94 heavy (non-hydrogen) atoms. The summed E-state index contributed by atoms with van der Waals surface area (Å²) in [5.41, 5.74) is 20.8. The van der Waals surface area contributed by atoms with Gasteiger partial charge in [0.1, 0.15) is 0 Å². The van der Waals surface area contributed by atoms with Crippen LogP contribution in [0.4, 0.5) is 34.1 Å². The van der Waals surface area contributed by atoms with Gasteiger partial charge in [-0.05, 0) is 161 Å². The Labute approximate surface area is 550 Å². The van der Waals surface area contributed by atoms with Crippen LogP contribution >= 0.6 is 22.7 Å². The predicted octanol–water partition coefficient (Wildman–Crippen LogP) is 22.7. The number of thiophene rings is 2. The van der Waals surface area contributed by atoms with E-state index in [0.717, 1.165) is 119 Å². The van der Waals surface area contributed by atoms with Gasteiger partial charge in [0.05, 0.1) is 68.9 Å². The zero-order valence-corrected chi connectivity index (χ0v) is 53.6. The van der Waals surface area contributed by atoms with E-state index in [2.05, 4.69) is 266 Å². The van der Waals surface area contributed by atoms with Gasteiger partial charge in [0.2, 0.25) is 0 Å². The number of anilines is 6. The van der Waals surface area contributed by atoms with E-state index in [9.17, 15) is 21.0 Å². The summed E-state index contributed by atoms with van der Waals surface area (Å²) in [5, 5.41) is 52.0. The highest BCUT2D eigenvalue weighted by atomic mass is 32.1. The molecule has 8 nitrogen and oxygen atoms in total. The Balaban J connectivity index is 1.04. The average molecular weight is 1240 g/mol. The summed E-state index contributed by atoms with van der Waals surface area (Å²) >= 11 is 3.58. The highest BCUT2D eigenvalue weighted by molar-refractivity contribution is 7.28. The molecular weight excluding hydrogens is 1190 g/mol. The molecule has 0 fully saturated rings. The van der Waals surface area contributed by atoms with Crippen LogP contribution in [0.3, 0.4) is 0 Å². The van der Waals surface area contributed by atoms with Crippen LogP contribution in [-0.2, 0) is 17.4 Å². The topological polar surface area (TPSA) is 112 Å². The maximum Gasteiger partial charge on any atom is 0.0992 e. The van der Waals surface area contributed by atoms with Gasteiger partial charge in [-0.1, -0.05) is 143 Å². The van der Waals surface area contributed by atoms with Gasteiger partial charge in [-0.3, -0.25) is 0 Å². The van der Waals surface area contributed by atoms with Crippen molar-refractivity contribution in [3.8, 4) is 52.2 Å². The van der Waals surface area contributed by atoms with E-state index in [0.29, 0.717) is 33.6 Å². The highest BCUT2D eigenvalue weighted by Gasteiger charge is 2.38. The van der Waals surface area contributed by atoms with Crippen LogP contribution in [-0.4, -0.2) is 9.13 Å². The van der Waals surface area contributed by atoms with Crippen LogP contribution in [0.2, 0.25) is 0 Å². The van der Waals surface area contributed by atoms with Gasteiger partial charge >= 0.3 is 0 Å². The number of fused-ring (bicyclic) bond motifs is 20. The Hall–Kier alpha value is -11.8. The molecule has 18 rings (SSSR count). The zero-order chi connectivity index (χ0) is 63.6. The third kappa shape index (κ3) is 7.67. The Kier molecular flexibility index (Phi) is 11.8. The van der Waals surface area contributed by atoms with E-state index < -0.39 is 0 Å². The normalized spacial score (nSPS) is 13.3. The summed E-state index contributed by atoms with van der Waals surface area (Å²) in [4.78, 5) is 4.59. The van der Waals surface area contributed by atoms with Crippen molar-refractivity contribution in [1.29, 1.82) is 21.0 Å². The number of aromatic nitrogens is 2. The van der Waals surface area contributed by atoms with E-state index in [1.807, 2.05) is 24.3 Å². The second kappa shape index (κ2) is 20.1. The number of benzene rings is 12. The third-order valence-corrected chi connectivity index (χ3v) is 22.7. The van der Waals surface area contributed by atoms with Gasteiger partial charge in [0.15, 0.2) is 0 Å². The summed E-state index contributed by atoms with van der Waals surface area (Å²) < 4.78 is 9.31. The van der Waals surface area contributed by atoms with Crippen LogP contribution in [0, 0.1) is 45.3 Å². The number of rotatable bonds is 8. The maximum absolute atomic E-state index is 10.8. The van der Waals surface area contributed by atoms with Gasteiger partial charge < -0.3 is 18.9 Å². The summed E-state index contributed by atoms with van der Waals surface area (Å²) in [6.07, 6.45) is 0. The molecule has 0 N–H and O–H groups in total. The van der Waals surface area contributed by atoms with Crippen LogP contribution in [0.15, 0.2) is 224 Å². The quantitative estimate of drug-likeness (QED) is 0.150. The molecule has 0 bridgehead atoms. The molecule has 0 saturated carbocycles. The fraction of sp³-hybridized carbons (Fsp3) is 0.0952. The lowest BCUT2D eigenvalue weighted by Gasteiger charge is -2.28. The first-order valence-corrected chi connectivity index (χ1v) is 33.3. The van der Waals surface area contributed by atoms with Crippen molar-refractivity contribution in [1.82, 2.24) is 9.13 Å². The van der Waals surface area contributed by atoms with Gasteiger partial charge in [0, 0.05) is 119 Å². The molecule has 0 radical (unpaired) electrons. The first kappa shape index (κ1) is 55.1. The summed E-state index contributed by atoms with van der Waals surface area (Å²) in [7, 11) is 0. The first-order chi connectivity index (χ1) is 45.9. The Bertz CT molecular complexity index is 5870. The predicted molar refractivity (Wildman–Crippen MR) is 389 cm³/mol. The Morgan fingerprint density at radius 2 is 0.777 bits per heavy atom. The molecule has 2 aliphatic carbocycles. The zero-order valence-electron chi connectivity index (χ0n) is 52.0. The SMILES string of the molecule is CCn1c2ccccc2c2cc(-n3c4cc(N(c5cc(C#N)cc(C#N)c5)c5ccc6c(c5)-c5ccccc5C6(C)C)c5c6ccccc6sc5c4c4c5sc6ccccc6c5c(N(c5cc(C#N)cc(C#N)c5)c5ccc6c(c5)-c5ccccc5C6(C)C)cc43)ccc21. The number of nitriles is 4. The van der Waals surface area contributed by atoms with E-state index in [1.54, 1.807) is 34.8 Å². The fourth-order valence-electron chi connectivity index (χ4n) is 16.1. The van der Waals surface area contributed by atoms with Gasteiger partial charge in [-0.2, -0.15) is 21.0 Å². The smallest absolute Gasteiger partial charge is 0.0992 e. The second-order valence-electron chi connectivity index (χ2n) is 25.9. The number of aryl methyl sites for hydroxylation is 1. The van der Waals surface area contributed by atoms with Crippen LogP contribution in [0.5, 0.6) is 0 Å². The molecule has 0 atom stereocenters. The minimum Gasteiger partial charge on any atom is -0.341 e. The monoisotopic (exact) mass is 1240 g/mol. The van der Waals surface area contributed by atoms with Crippen LogP contribution in [0.1, 0.15) is 79.1 Å². The van der Waals surface area contributed by atoms with Crippen molar-refractivity contribution in [2.75, 3.05) is 9.80 Å². The molecule has 0 amide bonds. The largest absolute Gasteiger partial charge is 0.341 e. The molecule has 0 aliphatic heterocycles. The lowest BCUT2D eigenvalue weighted by molar-refractivity contribution is 0.660. The van der Waals surface area contributed by atoms with Crippen molar-refractivity contribution >= 4 is 141 Å². The molecule has 4 aromatic heterocycles. The minimum atomic E-state index is -0.253. The molecule has 2 aliphatic rings. The third-order valence-electron chi connectivity index (χ3n) is 20.3. The van der Waals surface area contributed by atoms with Crippen molar-refractivity contribution in [3.63, 3.8) is 0 Å².